The van der Waals surface area contributed by atoms with Gasteiger partial charge in [-0.25, -0.2) is 4.79 Å². The molecule has 2 aromatic rings. The highest BCUT2D eigenvalue weighted by Gasteiger charge is 2.16. The molecule has 1 aromatic carbocycles. The first-order chi connectivity index (χ1) is 8.56. The number of aromatic nitrogens is 1. The van der Waals surface area contributed by atoms with Crippen LogP contribution in [0.5, 0.6) is 0 Å². The van der Waals surface area contributed by atoms with Crippen LogP contribution in [0.4, 0.5) is 0 Å². The van der Waals surface area contributed by atoms with Crippen LogP contribution in [0, 0.1) is 6.92 Å². The van der Waals surface area contributed by atoms with E-state index in [1.54, 1.807) is 0 Å². The predicted molar refractivity (Wildman–Crippen MR) is 72.0 cm³/mol. The molecule has 96 valence electrons. The molecule has 0 saturated carbocycles. The molecule has 0 atom stereocenters. The summed E-state index contributed by atoms with van der Waals surface area (Å²) in [5, 5.41) is 10.4. The van der Waals surface area contributed by atoms with E-state index in [4.69, 9.17) is 5.73 Å². The molecule has 1 heterocycles. The number of carboxylic acids is 1. The molecule has 0 aliphatic carbocycles. The van der Waals surface area contributed by atoms with Gasteiger partial charge in [-0.1, -0.05) is 12.1 Å². The monoisotopic (exact) mass is 246 g/mol. The van der Waals surface area contributed by atoms with Crippen LogP contribution in [0.2, 0.25) is 0 Å². The van der Waals surface area contributed by atoms with Gasteiger partial charge in [-0.15, -0.1) is 0 Å². The molecular formula is C14H18N2O2. The summed E-state index contributed by atoms with van der Waals surface area (Å²) in [5.74, 6) is -0.871. The Balaban J connectivity index is 2.67. The number of hydrogen-bond acceptors (Lipinski definition) is 2. The summed E-state index contributed by atoms with van der Waals surface area (Å²) in [4.78, 5) is 11.4. The summed E-state index contributed by atoms with van der Waals surface area (Å²) < 4.78 is 1.90. The summed E-state index contributed by atoms with van der Waals surface area (Å²) in [6, 6.07) is 3.88. The molecule has 0 bridgehead atoms. The Labute approximate surface area is 106 Å². The number of aromatic carboxylic acids is 1. The van der Waals surface area contributed by atoms with Crippen LogP contribution in [-0.2, 0) is 13.5 Å². The van der Waals surface area contributed by atoms with Gasteiger partial charge in [0.05, 0.1) is 11.1 Å². The van der Waals surface area contributed by atoms with Crippen molar-refractivity contribution >= 4 is 16.9 Å². The van der Waals surface area contributed by atoms with E-state index >= 15 is 0 Å². The molecule has 0 aliphatic heterocycles. The quantitative estimate of drug-likeness (QED) is 0.867. The number of nitrogens with two attached hydrogens (primary N) is 1. The van der Waals surface area contributed by atoms with E-state index in [1.807, 2.05) is 36.9 Å². The lowest BCUT2D eigenvalue weighted by atomic mass is 10.0. The van der Waals surface area contributed by atoms with Crippen molar-refractivity contribution in [1.82, 2.24) is 4.57 Å². The minimum atomic E-state index is -0.871. The first kappa shape index (κ1) is 12.6. The third-order valence-electron chi connectivity index (χ3n) is 3.30. The number of carbonyl (C=O) groups is 1. The van der Waals surface area contributed by atoms with Crippen LogP contribution in [0.25, 0.3) is 10.9 Å². The van der Waals surface area contributed by atoms with Crippen molar-refractivity contribution in [1.29, 1.82) is 0 Å². The van der Waals surface area contributed by atoms with Gasteiger partial charge in [-0.05, 0) is 37.4 Å². The minimum Gasteiger partial charge on any atom is -0.478 e. The average molecular weight is 246 g/mol. The number of aryl methyl sites for hydroxylation is 3. The molecule has 0 amide bonds. The summed E-state index contributed by atoms with van der Waals surface area (Å²) >= 11 is 0. The summed E-state index contributed by atoms with van der Waals surface area (Å²) in [7, 11) is 1.89. The fourth-order valence-electron chi connectivity index (χ4n) is 2.45. The van der Waals surface area contributed by atoms with Crippen molar-refractivity contribution in [2.45, 2.75) is 19.8 Å². The number of nitrogens with zero attached hydrogens (tertiary/aromatic N) is 1. The number of hydrogen-bond donors (Lipinski definition) is 2. The molecular weight excluding hydrogens is 228 g/mol. The SMILES string of the molecule is Cc1ccc2c(CCCN)cn(C)c2c1C(=O)O. The number of fused-ring (bicyclic) bond motifs is 1. The maximum atomic E-state index is 11.4. The fraction of sp³-hybridized carbons (Fsp3) is 0.357. The van der Waals surface area contributed by atoms with Gasteiger partial charge in [0.25, 0.3) is 0 Å². The van der Waals surface area contributed by atoms with Crippen molar-refractivity contribution in [2.75, 3.05) is 6.54 Å². The molecule has 4 nitrogen and oxygen atoms in total. The second-order valence-electron chi connectivity index (χ2n) is 4.62. The zero-order chi connectivity index (χ0) is 13.3. The van der Waals surface area contributed by atoms with Gasteiger partial charge in [-0.3, -0.25) is 0 Å². The van der Waals surface area contributed by atoms with Gasteiger partial charge in [0.15, 0.2) is 0 Å². The highest BCUT2D eigenvalue weighted by molar-refractivity contribution is 6.04. The fourth-order valence-corrected chi connectivity index (χ4v) is 2.45. The van der Waals surface area contributed by atoms with Crippen LogP contribution < -0.4 is 5.73 Å². The summed E-state index contributed by atoms with van der Waals surface area (Å²) in [6.07, 6.45) is 3.80. The molecule has 3 N–H and O–H groups in total. The third-order valence-corrected chi connectivity index (χ3v) is 3.30. The van der Waals surface area contributed by atoms with Crippen LogP contribution in [0.1, 0.15) is 27.9 Å². The van der Waals surface area contributed by atoms with Crippen LogP contribution in [0.15, 0.2) is 18.3 Å². The minimum absolute atomic E-state index is 0.397. The van der Waals surface area contributed by atoms with Crippen LogP contribution in [-0.4, -0.2) is 22.2 Å². The van der Waals surface area contributed by atoms with E-state index in [0.29, 0.717) is 12.1 Å². The molecule has 18 heavy (non-hydrogen) atoms. The van der Waals surface area contributed by atoms with Crippen molar-refractivity contribution < 1.29 is 9.90 Å². The normalized spacial score (nSPS) is 11.1. The van der Waals surface area contributed by atoms with Gasteiger partial charge in [0.2, 0.25) is 0 Å². The Kier molecular flexibility index (Phi) is 3.39. The van der Waals surface area contributed by atoms with Gasteiger partial charge >= 0.3 is 5.97 Å². The molecule has 0 unspecified atom stereocenters. The first-order valence-electron chi connectivity index (χ1n) is 6.07. The van der Waals surface area contributed by atoms with E-state index in [1.165, 1.54) is 5.56 Å². The Bertz CT molecular complexity index is 599. The highest BCUT2D eigenvalue weighted by Crippen LogP contribution is 2.27. The maximum Gasteiger partial charge on any atom is 0.338 e. The first-order valence-corrected chi connectivity index (χ1v) is 6.07. The van der Waals surface area contributed by atoms with E-state index in [-0.39, 0.29) is 0 Å². The van der Waals surface area contributed by atoms with E-state index in [0.717, 1.165) is 29.3 Å². The Morgan fingerprint density at radius 2 is 2.17 bits per heavy atom. The third kappa shape index (κ3) is 1.99. The Hall–Kier alpha value is -1.81. The van der Waals surface area contributed by atoms with Gasteiger partial charge in [-0.2, -0.15) is 0 Å². The smallest absolute Gasteiger partial charge is 0.338 e. The number of rotatable bonds is 4. The Morgan fingerprint density at radius 3 is 2.78 bits per heavy atom. The largest absolute Gasteiger partial charge is 0.478 e. The molecule has 1 aromatic heterocycles. The van der Waals surface area contributed by atoms with Gasteiger partial charge < -0.3 is 15.4 Å². The zero-order valence-electron chi connectivity index (χ0n) is 10.7. The van der Waals surface area contributed by atoms with Crippen molar-refractivity contribution in [3.8, 4) is 0 Å². The van der Waals surface area contributed by atoms with Crippen LogP contribution in [0.3, 0.4) is 0 Å². The van der Waals surface area contributed by atoms with E-state index < -0.39 is 5.97 Å². The van der Waals surface area contributed by atoms with Gasteiger partial charge in [0, 0.05) is 18.6 Å². The summed E-state index contributed by atoms with van der Waals surface area (Å²) in [5.41, 5.74) is 8.69. The average Bonchev–Trinajstić information content (AvgIpc) is 2.63. The van der Waals surface area contributed by atoms with Crippen molar-refractivity contribution in [3.05, 3.63) is 35.0 Å². The van der Waals surface area contributed by atoms with Gasteiger partial charge in [0.1, 0.15) is 0 Å². The van der Waals surface area contributed by atoms with Crippen molar-refractivity contribution in [3.63, 3.8) is 0 Å². The predicted octanol–water partition coefficient (Wildman–Crippen LogP) is 2.08. The van der Waals surface area contributed by atoms with Crippen molar-refractivity contribution in [2.24, 2.45) is 12.8 Å². The standard InChI is InChI=1S/C14H18N2O2/c1-9-5-6-11-10(4-3-7-15)8-16(2)13(11)12(9)14(17)18/h5-6,8H,3-4,7,15H2,1-2H3,(H,17,18). The second kappa shape index (κ2) is 4.82. The molecule has 0 saturated heterocycles. The lowest BCUT2D eigenvalue weighted by Gasteiger charge is -2.05. The zero-order valence-corrected chi connectivity index (χ0v) is 10.7. The van der Waals surface area contributed by atoms with Crippen LogP contribution >= 0.6 is 0 Å². The molecule has 2 rings (SSSR count). The molecule has 0 aliphatic rings. The molecule has 0 radical (unpaired) electrons. The summed E-state index contributed by atoms with van der Waals surface area (Å²) in [6.45, 7) is 2.48. The van der Waals surface area contributed by atoms with E-state index in [9.17, 15) is 9.90 Å². The molecule has 4 heteroatoms. The number of benzene rings is 1. The second-order valence-corrected chi connectivity index (χ2v) is 4.62. The molecule has 0 fully saturated rings. The highest BCUT2D eigenvalue weighted by atomic mass is 16.4. The molecule has 0 spiro atoms. The lowest BCUT2D eigenvalue weighted by Crippen LogP contribution is -2.03. The lowest BCUT2D eigenvalue weighted by molar-refractivity contribution is 0.0698. The maximum absolute atomic E-state index is 11.4. The van der Waals surface area contributed by atoms with E-state index in [2.05, 4.69) is 0 Å². The number of carboxylic acid groups (broad SMARTS) is 1. The topological polar surface area (TPSA) is 68.2 Å². The Morgan fingerprint density at radius 1 is 1.44 bits per heavy atom.